The second kappa shape index (κ2) is 8.53. The summed E-state index contributed by atoms with van der Waals surface area (Å²) in [5.74, 6) is -0.527. The van der Waals surface area contributed by atoms with E-state index in [-0.39, 0.29) is 41.1 Å². The van der Waals surface area contributed by atoms with Crippen LogP contribution in [0.1, 0.15) is 24.9 Å². The summed E-state index contributed by atoms with van der Waals surface area (Å²) in [6.45, 7) is 1.52. The van der Waals surface area contributed by atoms with E-state index in [4.69, 9.17) is 4.74 Å². The molecule has 1 fully saturated rings. The van der Waals surface area contributed by atoms with Crippen molar-refractivity contribution in [3.8, 4) is 0 Å². The van der Waals surface area contributed by atoms with Crippen LogP contribution < -0.4 is 5.32 Å². The van der Waals surface area contributed by atoms with Crippen molar-refractivity contribution >= 4 is 33.5 Å². The Bertz CT molecular complexity index is 675. The van der Waals surface area contributed by atoms with Crippen LogP contribution in [0.5, 0.6) is 0 Å². The highest BCUT2D eigenvalue weighted by Crippen LogP contribution is 2.24. The van der Waals surface area contributed by atoms with E-state index in [1.54, 1.807) is 0 Å². The number of thioether (sulfide) groups is 1. The molecule has 1 aromatic carbocycles. The Kier molecular flexibility index (Phi) is 6.68. The summed E-state index contributed by atoms with van der Waals surface area (Å²) < 4.78 is 27.6. The number of hydrogen-bond donors (Lipinski definition) is 1. The molecule has 0 bridgehead atoms. The van der Waals surface area contributed by atoms with E-state index >= 15 is 0 Å². The molecule has 2 rings (SSSR count). The van der Waals surface area contributed by atoms with Crippen LogP contribution in [0.15, 0.2) is 30.3 Å². The van der Waals surface area contributed by atoms with Crippen LogP contribution in [-0.4, -0.2) is 49.4 Å². The Morgan fingerprint density at radius 3 is 2.67 bits per heavy atom. The number of sulfone groups is 1. The van der Waals surface area contributed by atoms with E-state index in [1.807, 2.05) is 37.3 Å². The fourth-order valence-corrected chi connectivity index (χ4v) is 5.81. The molecule has 1 aliphatic rings. The molecule has 0 saturated carbocycles. The maximum absolute atomic E-state index is 11.8. The second-order valence-electron chi connectivity index (χ2n) is 5.70. The minimum atomic E-state index is -2.95. The average Bonchev–Trinajstić information content (AvgIpc) is 2.91. The van der Waals surface area contributed by atoms with Crippen molar-refractivity contribution in [2.45, 2.75) is 24.6 Å². The monoisotopic (exact) mass is 371 g/mol. The SMILES string of the molecule is C[C@@H](NC(=O)COC(=O)CS[C@H]1CCS(=O)(=O)C1)c1ccccc1. The number of carbonyl (C=O) groups excluding carboxylic acids is 2. The van der Waals surface area contributed by atoms with Gasteiger partial charge in [-0.05, 0) is 18.9 Å². The molecular formula is C16H21NO5S2. The molecule has 6 nitrogen and oxygen atoms in total. The molecule has 24 heavy (non-hydrogen) atoms. The predicted octanol–water partition coefficient (Wildman–Crippen LogP) is 1.33. The lowest BCUT2D eigenvalue weighted by Crippen LogP contribution is -2.31. The van der Waals surface area contributed by atoms with Gasteiger partial charge in [0.05, 0.1) is 23.3 Å². The molecule has 1 aliphatic heterocycles. The largest absolute Gasteiger partial charge is 0.455 e. The van der Waals surface area contributed by atoms with Crippen molar-refractivity contribution in [1.82, 2.24) is 5.32 Å². The third-order valence-corrected chi connectivity index (χ3v) is 6.92. The van der Waals surface area contributed by atoms with Gasteiger partial charge in [-0.3, -0.25) is 9.59 Å². The van der Waals surface area contributed by atoms with Crippen LogP contribution in [0.3, 0.4) is 0 Å². The number of carbonyl (C=O) groups is 2. The lowest BCUT2D eigenvalue weighted by Gasteiger charge is -2.14. The Morgan fingerprint density at radius 1 is 1.33 bits per heavy atom. The van der Waals surface area contributed by atoms with E-state index in [0.717, 1.165) is 5.56 Å². The predicted molar refractivity (Wildman–Crippen MR) is 93.5 cm³/mol. The number of rotatable bonds is 7. The highest BCUT2D eigenvalue weighted by molar-refractivity contribution is 8.02. The van der Waals surface area contributed by atoms with Crippen LogP contribution >= 0.6 is 11.8 Å². The van der Waals surface area contributed by atoms with Gasteiger partial charge in [0.1, 0.15) is 0 Å². The maximum Gasteiger partial charge on any atom is 0.316 e. The summed E-state index contributed by atoms with van der Waals surface area (Å²) in [6.07, 6.45) is 0.565. The van der Waals surface area contributed by atoms with Gasteiger partial charge in [0, 0.05) is 5.25 Å². The molecule has 0 aromatic heterocycles. The highest BCUT2D eigenvalue weighted by atomic mass is 32.2. The molecule has 0 radical (unpaired) electrons. The van der Waals surface area contributed by atoms with Gasteiger partial charge in [0.15, 0.2) is 16.4 Å². The summed E-state index contributed by atoms with van der Waals surface area (Å²) in [5, 5.41) is 2.70. The molecule has 1 amide bonds. The molecule has 0 aliphatic carbocycles. The average molecular weight is 371 g/mol. The van der Waals surface area contributed by atoms with E-state index in [0.29, 0.717) is 6.42 Å². The molecular weight excluding hydrogens is 350 g/mol. The van der Waals surface area contributed by atoms with E-state index < -0.39 is 15.8 Å². The summed E-state index contributed by atoms with van der Waals surface area (Å²) in [7, 11) is -2.95. The van der Waals surface area contributed by atoms with Crippen molar-refractivity contribution in [2.75, 3.05) is 23.9 Å². The second-order valence-corrected chi connectivity index (χ2v) is 9.21. The van der Waals surface area contributed by atoms with Crippen molar-refractivity contribution in [3.05, 3.63) is 35.9 Å². The molecule has 1 aromatic rings. The van der Waals surface area contributed by atoms with E-state index in [1.165, 1.54) is 11.8 Å². The summed E-state index contributed by atoms with van der Waals surface area (Å²) in [5.41, 5.74) is 0.968. The minimum Gasteiger partial charge on any atom is -0.455 e. The van der Waals surface area contributed by atoms with Gasteiger partial charge in [0.25, 0.3) is 5.91 Å². The normalized spacial score (nSPS) is 20.3. The Labute approximate surface area is 146 Å². The standard InChI is InChI=1S/C16H21NO5S2/c1-12(13-5-3-2-4-6-13)17-15(18)9-22-16(19)10-23-14-7-8-24(20,21)11-14/h2-6,12,14H,7-11H2,1H3,(H,17,18)/t12-,14+/m1/s1. The van der Waals surface area contributed by atoms with E-state index in [2.05, 4.69) is 5.32 Å². The number of benzene rings is 1. The zero-order chi connectivity index (χ0) is 17.6. The molecule has 8 heteroatoms. The first kappa shape index (κ1) is 18.8. The summed E-state index contributed by atoms with van der Waals surface area (Å²) >= 11 is 1.27. The molecule has 2 atom stereocenters. The Balaban J connectivity index is 1.65. The fourth-order valence-electron chi connectivity index (χ4n) is 2.37. The topological polar surface area (TPSA) is 89.5 Å². The van der Waals surface area contributed by atoms with E-state index in [9.17, 15) is 18.0 Å². The van der Waals surface area contributed by atoms with Crippen LogP contribution in [0.25, 0.3) is 0 Å². The van der Waals surface area contributed by atoms with Crippen molar-refractivity contribution in [1.29, 1.82) is 0 Å². The smallest absolute Gasteiger partial charge is 0.316 e. The number of nitrogens with one attached hydrogen (secondary N) is 1. The molecule has 1 heterocycles. The first-order valence-corrected chi connectivity index (χ1v) is 10.5. The van der Waals surface area contributed by atoms with Gasteiger partial charge in [-0.1, -0.05) is 30.3 Å². The maximum atomic E-state index is 11.8. The van der Waals surface area contributed by atoms with Crippen molar-refractivity contribution < 1.29 is 22.7 Å². The molecule has 1 saturated heterocycles. The van der Waals surface area contributed by atoms with Gasteiger partial charge >= 0.3 is 5.97 Å². The quantitative estimate of drug-likeness (QED) is 0.727. The molecule has 1 N–H and O–H groups in total. The lowest BCUT2D eigenvalue weighted by atomic mass is 10.1. The lowest BCUT2D eigenvalue weighted by molar-refractivity contribution is -0.146. The summed E-state index contributed by atoms with van der Waals surface area (Å²) in [4.78, 5) is 23.5. The first-order chi connectivity index (χ1) is 11.4. The van der Waals surface area contributed by atoms with Crippen molar-refractivity contribution in [3.63, 3.8) is 0 Å². The number of hydrogen-bond acceptors (Lipinski definition) is 6. The Morgan fingerprint density at radius 2 is 2.04 bits per heavy atom. The third-order valence-electron chi connectivity index (χ3n) is 3.67. The molecule has 132 valence electrons. The van der Waals surface area contributed by atoms with Crippen LogP contribution in [0.4, 0.5) is 0 Å². The Hall–Kier alpha value is -1.54. The van der Waals surface area contributed by atoms with Gasteiger partial charge in [-0.2, -0.15) is 0 Å². The minimum absolute atomic E-state index is 0.0572. The zero-order valence-electron chi connectivity index (χ0n) is 13.4. The van der Waals surface area contributed by atoms with Gasteiger partial charge in [0.2, 0.25) is 0 Å². The summed E-state index contributed by atoms with van der Waals surface area (Å²) in [6, 6.07) is 9.31. The zero-order valence-corrected chi connectivity index (χ0v) is 15.1. The fraction of sp³-hybridized carbons (Fsp3) is 0.500. The number of esters is 1. The van der Waals surface area contributed by atoms with Gasteiger partial charge in [-0.15, -0.1) is 11.8 Å². The van der Waals surface area contributed by atoms with Crippen molar-refractivity contribution in [2.24, 2.45) is 0 Å². The van der Waals surface area contributed by atoms with Crippen LogP contribution in [0.2, 0.25) is 0 Å². The van der Waals surface area contributed by atoms with Crippen LogP contribution in [-0.2, 0) is 24.2 Å². The van der Waals surface area contributed by atoms with Crippen LogP contribution in [0, 0.1) is 0 Å². The van der Waals surface area contributed by atoms with Gasteiger partial charge in [-0.25, -0.2) is 8.42 Å². The molecule has 0 unspecified atom stereocenters. The number of amides is 1. The third kappa shape index (κ3) is 6.16. The molecule has 0 spiro atoms. The van der Waals surface area contributed by atoms with Gasteiger partial charge < -0.3 is 10.1 Å². The number of ether oxygens (including phenoxy) is 1. The highest BCUT2D eigenvalue weighted by Gasteiger charge is 2.28. The first-order valence-electron chi connectivity index (χ1n) is 7.68.